The Morgan fingerprint density at radius 1 is 1.20 bits per heavy atom. The second kappa shape index (κ2) is 11.0. The zero-order chi connectivity index (χ0) is 25.0. The third-order valence-corrected chi connectivity index (χ3v) is 9.19. The predicted octanol–water partition coefficient (Wildman–Crippen LogP) is 3.62. The molecule has 35 heavy (non-hydrogen) atoms. The second-order valence-corrected chi connectivity index (χ2v) is 11.8. The van der Waals surface area contributed by atoms with Gasteiger partial charge in [-0.1, -0.05) is 49.2 Å². The summed E-state index contributed by atoms with van der Waals surface area (Å²) in [5.74, 6) is 0.333. The summed E-state index contributed by atoms with van der Waals surface area (Å²) in [5.41, 5.74) is 1.44. The number of sulfonamides is 1. The van der Waals surface area contributed by atoms with Crippen molar-refractivity contribution in [2.45, 2.75) is 42.9 Å². The zero-order valence-corrected chi connectivity index (χ0v) is 21.4. The highest BCUT2D eigenvalue weighted by atomic mass is 32.2. The van der Waals surface area contributed by atoms with Gasteiger partial charge in [-0.2, -0.15) is 4.31 Å². The molecule has 0 saturated heterocycles. The number of carbonyl (C=O) groups is 1. The van der Waals surface area contributed by atoms with E-state index in [1.165, 1.54) is 43.4 Å². The van der Waals surface area contributed by atoms with Gasteiger partial charge in [0.1, 0.15) is 10.3 Å². The molecular formula is C24H30N4O5S2. The van der Waals surface area contributed by atoms with Crippen LogP contribution in [-0.2, 0) is 14.8 Å². The van der Waals surface area contributed by atoms with Crippen LogP contribution in [0.2, 0.25) is 0 Å². The van der Waals surface area contributed by atoms with E-state index in [1.54, 1.807) is 31.4 Å². The van der Waals surface area contributed by atoms with Gasteiger partial charge in [-0.05, 0) is 36.1 Å². The summed E-state index contributed by atoms with van der Waals surface area (Å²) >= 11 is 1.28. The van der Waals surface area contributed by atoms with Crippen LogP contribution in [0.1, 0.15) is 43.6 Å². The Labute approximate surface area is 209 Å². The summed E-state index contributed by atoms with van der Waals surface area (Å²) < 4.78 is 31.7. The number of hydrogen-bond acceptors (Lipinski definition) is 8. The molecular weight excluding hydrogens is 488 g/mol. The lowest BCUT2D eigenvalue weighted by atomic mass is 9.87. The molecule has 4 rings (SSSR count). The maximum absolute atomic E-state index is 13.4. The molecule has 0 spiro atoms. The third-order valence-electron chi connectivity index (χ3n) is 6.44. The highest BCUT2D eigenvalue weighted by Crippen LogP contribution is 2.36. The first-order valence-electron chi connectivity index (χ1n) is 11.6. The number of benzene rings is 1. The topological polar surface area (TPSA) is 122 Å². The number of ether oxygens (including phenoxy) is 1. The molecule has 1 amide bonds. The summed E-state index contributed by atoms with van der Waals surface area (Å²) in [4.78, 5) is 23.1. The number of carbonyl (C=O) groups excluding carboxylic acids is 1. The van der Waals surface area contributed by atoms with Crippen LogP contribution < -0.4 is 10.1 Å². The summed E-state index contributed by atoms with van der Waals surface area (Å²) in [7, 11) is -0.731. The summed E-state index contributed by atoms with van der Waals surface area (Å²) in [6.45, 7) is -0.245. The fourth-order valence-corrected chi connectivity index (χ4v) is 6.44. The number of nitrogens with one attached hydrogen (secondary N) is 1. The summed E-state index contributed by atoms with van der Waals surface area (Å²) in [6.07, 6.45) is 5.21. The van der Waals surface area contributed by atoms with Gasteiger partial charge in [0.05, 0.1) is 24.5 Å². The number of aliphatic hydroxyl groups excluding tert-OH is 1. The van der Waals surface area contributed by atoms with Gasteiger partial charge in [-0.3, -0.25) is 4.79 Å². The first-order valence-corrected chi connectivity index (χ1v) is 13.9. The number of amides is 1. The molecule has 11 heteroatoms. The van der Waals surface area contributed by atoms with Crippen molar-refractivity contribution in [3.8, 4) is 5.88 Å². The van der Waals surface area contributed by atoms with Crippen molar-refractivity contribution in [1.29, 1.82) is 0 Å². The average molecular weight is 519 g/mol. The molecule has 1 aliphatic carbocycles. The standard InChI is InChI=1S/C24H30N4O5S2/c1-28(13-14-29)35(31,32)18-9-7-17(8-10-18)19(15-16-5-3-4-6-16)22(30)27-24-25-20-11-12-21(33-2)26-23(20)34-24/h7-12,16,19,29H,3-6,13-15H2,1-2H3,(H,25,27,30). The van der Waals surface area contributed by atoms with Crippen LogP contribution >= 0.6 is 11.3 Å². The molecule has 1 aliphatic rings. The number of nitrogens with zero attached hydrogens (tertiary/aromatic N) is 3. The van der Waals surface area contributed by atoms with E-state index < -0.39 is 15.9 Å². The highest BCUT2D eigenvalue weighted by Gasteiger charge is 2.28. The van der Waals surface area contributed by atoms with Crippen molar-refractivity contribution < 1.29 is 23.1 Å². The minimum Gasteiger partial charge on any atom is -0.481 e. The normalized spacial score (nSPS) is 15.5. The quantitative estimate of drug-likeness (QED) is 0.420. The van der Waals surface area contributed by atoms with Crippen LogP contribution in [0.25, 0.3) is 10.3 Å². The first-order chi connectivity index (χ1) is 16.8. The van der Waals surface area contributed by atoms with Crippen molar-refractivity contribution in [3.63, 3.8) is 0 Å². The highest BCUT2D eigenvalue weighted by molar-refractivity contribution is 7.89. The molecule has 2 aromatic heterocycles. The van der Waals surface area contributed by atoms with Crippen molar-refractivity contribution in [3.05, 3.63) is 42.0 Å². The molecule has 0 bridgehead atoms. The number of aromatic nitrogens is 2. The van der Waals surface area contributed by atoms with E-state index in [4.69, 9.17) is 9.84 Å². The van der Waals surface area contributed by atoms with Crippen molar-refractivity contribution >= 4 is 42.7 Å². The number of methoxy groups -OCH3 is 1. The van der Waals surface area contributed by atoms with Crippen molar-refractivity contribution in [1.82, 2.24) is 14.3 Å². The van der Waals surface area contributed by atoms with Crippen LogP contribution in [-0.4, -0.2) is 61.0 Å². The number of likely N-dealkylation sites (N-methyl/N-ethyl adjacent to an activating group) is 1. The van der Waals surface area contributed by atoms with E-state index in [-0.39, 0.29) is 24.0 Å². The second-order valence-electron chi connectivity index (χ2n) is 8.74. The molecule has 1 unspecified atom stereocenters. The van der Waals surface area contributed by atoms with E-state index in [9.17, 15) is 13.2 Å². The van der Waals surface area contributed by atoms with Gasteiger partial charge < -0.3 is 15.2 Å². The van der Waals surface area contributed by atoms with Crippen LogP contribution in [0.4, 0.5) is 5.13 Å². The van der Waals surface area contributed by atoms with Gasteiger partial charge in [0.15, 0.2) is 5.13 Å². The minimum atomic E-state index is -3.71. The molecule has 0 radical (unpaired) electrons. The van der Waals surface area contributed by atoms with Crippen molar-refractivity contribution in [2.75, 3.05) is 32.6 Å². The first kappa shape index (κ1) is 25.5. The number of hydrogen-bond donors (Lipinski definition) is 2. The van der Waals surface area contributed by atoms with Crippen LogP contribution in [0, 0.1) is 5.92 Å². The molecule has 9 nitrogen and oxygen atoms in total. The molecule has 0 aliphatic heterocycles. The zero-order valence-electron chi connectivity index (χ0n) is 19.8. The Bertz CT molecular complexity index is 1270. The van der Waals surface area contributed by atoms with Gasteiger partial charge >= 0.3 is 0 Å². The van der Waals surface area contributed by atoms with Crippen LogP contribution in [0.3, 0.4) is 0 Å². The largest absolute Gasteiger partial charge is 0.481 e. The third kappa shape index (κ3) is 5.80. The SMILES string of the molecule is COc1ccc2nc(NC(=O)C(CC3CCCC3)c3ccc(S(=O)(=O)N(C)CCO)cc3)sc2n1. The van der Waals surface area contributed by atoms with Gasteiger partial charge in [-0.25, -0.2) is 18.4 Å². The molecule has 2 N–H and O–H groups in total. The van der Waals surface area contributed by atoms with E-state index in [1.807, 2.05) is 0 Å². The van der Waals surface area contributed by atoms with Gasteiger partial charge in [0.25, 0.3) is 0 Å². The Morgan fingerprint density at radius 2 is 1.91 bits per heavy atom. The van der Waals surface area contributed by atoms with Crippen LogP contribution in [0.15, 0.2) is 41.3 Å². The number of aliphatic hydroxyl groups is 1. The Balaban J connectivity index is 1.57. The van der Waals surface area contributed by atoms with E-state index >= 15 is 0 Å². The molecule has 2 heterocycles. The number of pyridine rings is 1. The molecule has 3 aromatic rings. The molecule has 1 fully saturated rings. The monoisotopic (exact) mass is 518 g/mol. The summed E-state index contributed by atoms with van der Waals surface area (Å²) in [5, 5.41) is 12.5. The Hall–Kier alpha value is -2.60. The number of fused-ring (bicyclic) bond motifs is 1. The fourth-order valence-electron chi connectivity index (χ4n) is 4.45. The Morgan fingerprint density at radius 3 is 2.57 bits per heavy atom. The van der Waals surface area contributed by atoms with Crippen molar-refractivity contribution in [2.24, 2.45) is 5.92 Å². The molecule has 1 saturated carbocycles. The van der Waals surface area contributed by atoms with E-state index in [0.717, 1.165) is 22.7 Å². The number of thiazole rings is 1. The molecule has 1 atom stereocenters. The smallest absolute Gasteiger partial charge is 0.242 e. The van der Waals surface area contributed by atoms with Crippen LogP contribution in [0.5, 0.6) is 5.88 Å². The van der Waals surface area contributed by atoms with Gasteiger partial charge in [0.2, 0.25) is 21.8 Å². The molecule has 188 valence electrons. The lowest BCUT2D eigenvalue weighted by Crippen LogP contribution is -2.29. The minimum absolute atomic E-state index is 0.0136. The van der Waals surface area contributed by atoms with E-state index in [0.29, 0.717) is 33.7 Å². The summed E-state index contributed by atoms with van der Waals surface area (Å²) in [6, 6.07) is 10.0. The lowest BCUT2D eigenvalue weighted by molar-refractivity contribution is -0.118. The number of anilines is 1. The predicted molar refractivity (Wildman–Crippen MR) is 135 cm³/mol. The van der Waals surface area contributed by atoms with Gasteiger partial charge in [0, 0.05) is 19.7 Å². The number of rotatable bonds is 10. The molecule has 1 aromatic carbocycles. The Kier molecular flexibility index (Phi) is 8.00. The van der Waals surface area contributed by atoms with E-state index in [2.05, 4.69) is 15.3 Å². The lowest BCUT2D eigenvalue weighted by Gasteiger charge is -2.21. The maximum atomic E-state index is 13.4. The fraction of sp³-hybridized carbons (Fsp3) is 0.458. The average Bonchev–Trinajstić information content (AvgIpc) is 3.51. The maximum Gasteiger partial charge on any atom is 0.242 e. The van der Waals surface area contributed by atoms with Gasteiger partial charge in [-0.15, -0.1) is 0 Å².